The molecule has 16 aliphatic carbocycles. The fraction of sp³-hybridized carbons (Fsp3) is 0.885. The predicted molar refractivity (Wildman–Crippen MR) is 457 cm³/mol. The second-order valence-corrected chi connectivity index (χ2v) is 46.1. The van der Waals surface area contributed by atoms with Crippen LogP contribution in [-0.2, 0) is 9.59 Å². The largest absolute Gasteiger partial charge is 0.393 e. The highest BCUT2D eigenvalue weighted by Gasteiger charge is 2.64. The van der Waals surface area contributed by atoms with Gasteiger partial charge in [0.25, 0.3) is 0 Å². The maximum Gasteiger partial charge on any atom is 0.139 e. The van der Waals surface area contributed by atoms with Gasteiger partial charge in [0.2, 0.25) is 0 Å². The van der Waals surface area contributed by atoms with Crippen molar-refractivity contribution >= 4 is 11.6 Å². The van der Waals surface area contributed by atoms with Crippen LogP contribution in [0.3, 0.4) is 0 Å². The fourth-order valence-electron chi connectivity index (χ4n) is 32.5. The maximum atomic E-state index is 12.4. The molecule has 0 aromatic rings. The number of aliphatic hydroxyl groups is 3. The number of hydrogen-bond donors (Lipinski definition) is 3. The Bertz CT molecular complexity index is 3320. The number of carbonyl (C=O) groups is 2. The standard InChI is InChI=1S/C29H50O.C28H48O.C28H46O.C19H26O2/c1-7-21(19(2)3)9-8-20(4)25-12-13-26-24-11-10-22-18-23(30)14-16-28(22,5)27(24)15-17-29(25,26)6;2*1-18(2)19(3)7-8-20(4)24-11-12-25-23-10-9-21-17-22(29)13-15-27(21,5)26(23)14-16-28(24,25)6;1-18-9-7-13(20)11-12(18)3-4-14-15-5-6-17(21)19(15,2)10-8-16(14)18/h10,19-21,23-27,30H,7-9,11-18H2,1-6H3;9,18-20,22-26,29H,7-8,10-17H2,1-6H3;7-9,18-20,22-26,29H,10-17H2,1-6H3;3,14-16H,4-11H2,1-2H3/b;;8-7+;/t20?,21?,23-,24?,25+,26?,27?,28-,29+;19?,20?,22-,23?,24+,25?,26?,27-,28+;19-,20?,22+,23?,24-,25?,26?,27+,28-;14?,15?,16?,18-,19-/m0010/s1. The average Bonchev–Trinajstić information content (AvgIpc) is 1.73. The van der Waals surface area contributed by atoms with E-state index in [9.17, 15) is 24.9 Å². The van der Waals surface area contributed by atoms with E-state index >= 15 is 0 Å². The van der Waals surface area contributed by atoms with Gasteiger partial charge >= 0.3 is 0 Å². The van der Waals surface area contributed by atoms with E-state index in [0.29, 0.717) is 80.1 Å². The zero-order chi connectivity index (χ0) is 78.5. The molecule has 5 nitrogen and oxygen atoms in total. The van der Waals surface area contributed by atoms with Crippen molar-refractivity contribution < 1.29 is 24.9 Å². The Morgan fingerprint density at radius 3 is 1.17 bits per heavy atom. The summed E-state index contributed by atoms with van der Waals surface area (Å²) < 4.78 is 0. The lowest BCUT2D eigenvalue weighted by Gasteiger charge is -2.58. The van der Waals surface area contributed by atoms with E-state index in [1.165, 1.54) is 160 Å². The summed E-state index contributed by atoms with van der Waals surface area (Å²) in [6.07, 6.45) is 60.7. The molecular weight excluding hydrogens is 1330 g/mol. The van der Waals surface area contributed by atoms with Crippen molar-refractivity contribution in [3.8, 4) is 0 Å². The zero-order valence-corrected chi connectivity index (χ0v) is 74.4. The molecule has 0 saturated heterocycles. The van der Waals surface area contributed by atoms with Crippen LogP contribution in [0.2, 0.25) is 0 Å². The van der Waals surface area contributed by atoms with Crippen molar-refractivity contribution in [2.45, 2.75) is 394 Å². The molecule has 0 radical (unpaired) electrons. The van der Waals surface area contributed by atoms with Crippen LogP contribution < -0.4 is 0 Å². The Labute approximate surface area is 671 Å². The third kappa shape index (κ3) is 15.6. The van der Waals surface area contributed by atoms with Crippen LogP contribution in [0, 0.1) is 185 Å². The summed E-state index contributed by atoms with van der Waals surface area (Å²) in [6, 6.07) is 0. The quantitative estimate of drug-likeness (QED) is 0.142. The highest BCUT2D eigenvalue weighted by atomic mass is 16.3. The minimum Gasteiger partial charge on any atom is -0.393 e. The number of ketones is 2. The Hall–Kier alpha value is -2.08. The van der Waals surface area contributed by atoms with Crippen molar-refractivity contribution in [3.63, 3.8) is 0 Å². The van der Waals surface area contributed by atoms with Gasteiger partial charge in [-0.3, -0.25) is 9.59 Å². The van der Waals surface area contributed by atoms with E-state index in [1.807, 2.05) is 0 Å². The minimum absolute atomic E-state index is 0.0344. The van der Waals surface area contributed by atoms with Crippen molar-refractivity contribution in [2.75, 3.05) is 0 Å². The number of carbonyl (C=O) groups excluding carboxylic acids is 2. The molecule has 0 bridgehead atoms. The monoisotopic (exact) mass is 1500 g/mol. The maximum absolute atomic E-state index is 12.4. The van der Waals surface area contributed by atoms with Crippen molar-refractivity contribution in [2.24, 2.45) is 185 Å². The summed E-state index contributed by atoms with van der Waals surface area (Å²) in [5.74, 6) is 21.1. The van der Waals surface area contributed by atoms with Crippen LogP contribution in [0.25, 0.3) is 0 Å². The first-order valence-electron chi connectivity index (χ1n) is 48.0. The van der Waals surface area contributed by atoms with Gasteiger partial charge in [-0.2, -0.15) is 0 Å². The third-order valence-electron chi connectivity index (χ3n) is 40.6. The molecule has 3 N–H and O–H groups in total. The first kappa shape index (κ1) is 84.8. The van der Waals surface area contributed by atoms with Gasteiger partial charge in [-0.05, 0) is 373 Å². The van der Waals surface area contributed by atoms with Crippen LogP contribution in [0.4, 0.5) is 0 Å². The molecule has 17 unspecified atom stereocenters. The van der Waals surface area contributed by atoms with E-state index in [4.69, 9.17) is 0 Å². The van der Waals surface area contributed by atoms with E-state index in [1.54, 1.807) is 16.7 Å². The summed E-state index contributed by atoms with van der Waals surface area (Å²) in [6.45, 7) is 49.5. The third-order valence-corrected chi connectivity index (χ3v) is 40.6. The molecule has 12 saturated carbocycles. The molecule has 0 aromatic heterocycles. The van der Waals surface area contributed by atoms with Gasteiger partial charge in [-0.15, -0.1) is 0 Å². The van der Waals surface area contributed by atoms with Gasteiger partial charge < -0.3 is 15.3 Å². The second kappa shape index (κ2) is 33.0. The van der Waals surface area contributed by atoms with E-state index in [0.717, 1.165) is 189 Å². The van der Waals surface area contributed by atoms with Gasteiger partial charge in [-0.1, -0.05) is 223 Å². The molecule has 0 aliphatic heterocycles. The van der Waals surface area contributed by atoms with Crippen LogP contribution in [-0.4, -0.2) is 45.2 Å². The molecule has 16 aliphatic rings. The van der Waals surface area contributed by atoms with Gasteiger partial charge in [0.05, 0.1) is 18.3 Å². The Kier molecular flexibility index (Phi) is 25.7. The average molecular weight is 1500 g/mol. The summed E-state index contributed by atoms with van der Waals surface area (Å²) in [7, 11) is 0. The molecule has 0 spiro atoms. The zero-order valence-electron chi connectivity index (χ0n) is 74.4. The minimum atomic E-state index is -0.0866. The second-order valence-electron chi connectivity index (χ2n) is 46.1. The van der Waals surface area contributed by atoms with Gasteiger partial charge in [-0.25, -0.2) is 0 Å². The molecule has 12 fully saturated rings. The smallest absolute Gasteiger partial charge is 0.139 e. The van der Waals surface area contributed by atoms with Crippen LogP contribution >= 0.6 is 0 Å². The Morgan fingerprint density at radius 1 is 0.376 bits per heavy atom. The molecule has 0 aromatic carbocycles. The lowest BCUT2D eigenvalue weighted by Crippen LogP contribution is -2.50. The van der Waals surface area contributed by atoms with Gasteiger partial charge in [0, 0.05) is 24.7 Å². The number of allylic oxidation sites excluding steroid dienone is 7. The summed E-state index contributed by atoms with van der Waals surface area (Å²) in [5, 5.41) is 30.7. The van der Waals surface area contributed by atoms with Gasteiger partial charge in [0.15, 0.2) is 0 Å². The normalized spacial score (nSPS) is 46.8. The van der Waals surface area contributed by atoms with Crippen LogP contribution in [0.5, 0.6) is 0 Å². The van der Waals surface area contributed by atoms with Crippen molar-refractivity contribution in [1.29, 1.82) is 0 Å². The Morgan fingerprint density at radius 2 is 0.752 bits per heavy atom. The number of rotatable bonds is 15. The predicted octanol–water partition coefficient (Wildman–Crippen LogP) is 27.2. The first-order valence-corrected chi connectivity index (χ1v) is 48.0. The molecule has 16 rings (SSSR count). The first-order chi connectivity index (χ1) is 51.5. The van der Waals surface area contributed by atoms with Crippen LogP contribution in [0.1, 0.15) is 376 Å². The number of aliphatic hydroxyl groups excluding tert-OH is 3. The van der Waals surface area contributed by atoms with Crippen molar-refractivity contribution in [1.82, 2.24) is 0 Å². The topological polar surface area (TPSA) is 94.8 Å². The van der Waals surface area contributed by atoms with Crippen molar-refractivity contribution in [3.05, 3.63) is 58.7 Å². The summed E-state index contributed by atoms with van der Waals surface area (Å²) >= 11 is 0. The van der Waals surface area contributed by atoms with Gasteiger partial charge in [0.1, 0.15) is 11.6 Å². The highest BCUT2D eigenvalue weighted by molar-refractivity contribution is 5.87. The molecule has 0 amide bonds. The van der Waals surface area contributed by atoms with E-state index in [-0.39, 0.29) is 29.1 Å². The highest BCUT2D eigenvalue weighted by Crippen LogP contribution is 2.72. The van der Waals surface area contributed by atoms with Crippen LogP contribution in [0.15, 0.2) is 58.7 Å². The fourth-order valence-corrected chi connectivity index (χ4v) is 32.5. The molecule has 32 atom stereocenters. The summed E-state index contributed by atoms with van der Waals surface area (Å²) in [4.78, 5) is 24.2. The summed E-state index contributed by atoms with van der Waals surface area (Å²) in [5.41, 5.74) is 9.31. The molecule has 5 heteroatoms. The molecule has 0 heterocycles. The molecule has 109 heavy (non-hydrogen) atoms. The lowest BCUT2D eigenvalue weighted by molar-refractivity contribution is -0.132. The number of hydrogen-bond acceptors (Lipinski definition) is 5. The number of Topliss-reactive ketones (excluding diaryl/α,β-unsaturated/α-hetero) is 2. The SMILES string of the molecule is CC(C)C(C)CCC(C)[C@H]1CCC2C3CC=C4C[C@@H](O)CC[C@]4(C)C3CC[C@@]21C.CC(C)[C@H](C)/C=C/C(C)[C@H]1CCC2C3CC=C4C[C@@H](O)CC[C@]4(C)C3CC[C@@]21C.CCC(CCC(C)[C@H]1CCC2C3CC=C4C[C@@H](O)CC[C@]4(C)C3CC[C@@]21C)C(C)C.C[C@]12CCC(=O)CC1=CCC1C2CC[C@]2(C)C(=O)CCC12. The van der Waals surface area contributed by atoms with E-state index in [2.05, 4.69) is 175 Å². The molecular formula is C104H170O5. The Balaban J connectivity index is 0.000000129. The number of fused-ring (bicyclic) bond motifs is 20. The lowest BCUT2D eigenvalue weighted by atomic mass is 9.47. The van der Waals surface area contributed by atoms with E-state index < -0.39 is 0 Å². The molecule has 616 valence electrons.